The fourth-order valence-electron chi connectivity index (χ4n) is 3.31. The summed E-state index contributed by atoms with van der Waals surface area (Å²) in [5.74, 6) is 0.937. The first-order chi connectivity index (χ1) is 11.1. The first-order valence-electron chi connectivity index (χ1n) is 8.18. The fraction of sp³-hybridized carbons (Fsp3) is 0.588. The molecule has 142 valence electrons. The number of hydrogen-bond acceptors (Lipinski definition) is 5. The lowest BCUT2D eigenvalue weighted by Gasteiger charge is -2.41. The molecule has 2 aliphatic rings. The van der Waals surface area contributed by atoms with Gasteiger partial charge >= 0.3 is 0 Å². The molecule has 0 radical (unpaired) electrons. The normalized spacial score (nSPS) is 19.4. The van der Waals surface area contributed by atoms with Gasteiger partial charge in [-0.05, 0) is 25.0 Å². The third-order valence-electron chi connectivity index (χ3n) is 4.80. The van der Waals surface area contributed by atoms with Crippen molar-refractivity contribution in [1.82, 2.24) is 4.90 Å². The van der Waals surface area contributed by atoms with Gasteiger partial charge in [0.2, 0.25) is 5.91 Å². The number of ether oxygens (including phenoxy) is 2. The summed E-state index contributed by atoms with van der Waals surface area (Å²) in [7, 11) is 1.68. The Morgan fingerprint density at radius 3 is 2.32 bits per heavy atom. The van der Waals surface area contributed by atoms with Crippen LogP contribution in [-0.4, -0.2) is 62.8 Å². The van der Waals surface area contributed by atoms with Crippen LogP contribution in [0.25, 0.3) is 0 Å². The molecule has 0 unspecified atom stereocenters. The van der Waals surface area contributed by atoms with Crippen LogP contribution >= 0.6 is 24.8 Å². The molecule has 2 fully saturated rings. The zero-order valence-corrected chi connectivity index (χ0v) is 16.1. The smallest absolute Gasteiger partial charge is 0.242 e. The Bertz CT molecular complexity index is 560. The minimum absolute atomic E-state index is 0. The second kappa shape index (κ2) is 9.48. The van der Waals surface area contributed by atoms with Gasteiger partial charge in [0, 0.05) is 39.4 Å². The third kappa shape index (κ3) is 4.70. The number of benzene rings is 1. The van der Waals surface area contributed by atoms with Crippen LogP contribution in [-0.2, 0) is 9.53 Å². The average Bonchev–Trinajstić information content (AvgIpc) is 2.62. The van der Waals surface area contributed by atoms with E-state index in [0.29, 0.717) is 39.1 Å². The molecule has 2 saturated heterocycles. The lowest BCUT2D eigenvalue weighted by molar-refractivity contribution is -0.140. The number of para-hydroxylation sites is 2. The zero-order valence-electron chi connectivity index (χ0n) is 14.5. The van der Waals surface area contributed by atoms with E-state index in [-0.39, 0.29) is 30.7 Å². The Labute approximate surface area is 161 Å². The van der Waals surface area contributed by atoms with Crippen LogP contribution < -0.4 is 15.4 Å². The number of anilines is 1. The number of halogens is 2. The van der Waals surface area contributed by atoms with E-state index in [2.05, 4.69) is 11.0 Å². The van der Waals surface area contributed by atoms with Gasteiger partial charge < -0.3 is 25.0 Å². The van der Waals surface area contributed by atoms with Gasteiger partial charge in [0.1, 0.15) is 5.75 Å². The Hall–Kier alpha value is -1.21. The van der Waals surface area contributed by atoms with Gasteiger partial charge in [0.25, 0.3) is 0 Å². The molecule has 0 atom stereocenters. The second-order valence-electron chi connectivity index (χ2n) is 6.22. The molecule has 8 heteroatoms. The van der Waals surface area contributed by atoms with Gasteiger partial charge in [0.05, 0.1) is 18.3 Å². The lowest BCUT2D eigenvalue weighted by atomic mass is 9.89. The van der Waals surface area contributed by atoms with Crippen LogP contribution in [0.3, 0.4) is 0 Å². The molecule has 0 aliphatic carbocycles. The number of carbonyl (C=O) groups excluding carboxylic acids is 1. The molecule has 0 spiro atoms. The number of nitrogens with zero attached hydrogens (tertiary/aromatic N) is 2. The molecule has 1 amide bonds. The summed E-state index contributed by atoms with van der Waals surface area (Å²) in [4.78, 5) is 16.9. The van der Waals surface area contributed by atoms with Crippen LogP contribution in [0, 0.1) is 0 Å². The average molecular weight is 392 g/mol. The molecule has 1 aromatic rings. The molecule has 2 N–H and O–H groups in total. The summed E-state index contributed by atoms with van der Waals surface area (Å²) in [6.07, 6.45) is 1.22. The van der Waals surface area contributed by atoms with E-state index in [1.807, 2.05) is 23.1 Å². The third-order valence-corrected chi connectivity index (χ3v) is 4.80. The van der Waals surface area contributed by atoms with Gasteiger partial charge in [-0.3, -0.25) is 4.79 Å². The minimum Gasteiger partial charge on any atom is -0.495 e. The van der Waals surface area contributed by atoms with E-state index in [1.54, 1.807) is 7.11 Å². The van der Waals surface area contributed by atoms with Gasteiger partial charge in [0.15, 0.2) is 0 Å². The molecule has 2 aliphatic heterocycles. The Balaban J connectivity index is 0.00000156. The van der Waals surface area contributed by atoms with Gasteiger partial charge in [-0.25, -0.2) is 0 Å². The maximum Gasteiger partial charge on any atom is 0.242 e. The van der Waals surface area contributed by atoms with Gasteiger partial charge in [-0.2, -0.15) is 0 Å². The molecular weight excluding hydrogens is 365 g/mol. The molecule has 1 aromatic carbocycles. The van der Waals surface area contributed by atoms with Crippen LogP contribution in [0.1, 0.15) is 12.8 Å². The molecular formula is C17H27Cl2N3O3. The van der Waals surface area contributed by atoms with E-state index in [0.717, 1.165) is 24.5 Å². The van der Waals surface area contributed by atoms with Crippen molar-refractivity contribution in [2.24, 2.45) is 5.73 Å². The first kappa shape index (κ1) is 21.8. The summed E-state index contributed by atoms with van der Waals surface area (Å²) in [5, 5.41) is 0. The highest BCUT2D eigenvalue weighted by Gasteiger charge is 2.39. The van der Waals surface area contributed by atoms with Crippen molar-refractivity contribution < 1.29 is 14.3 Å². The van der Waals surface area contributed by atoms with E-state index in [1.165, 1.54) is 0 Å². The molecule has 3 rings (SSSR count). The monoisotopic (exact) mass is 391 g/mol. The number of amides is 1. The van der Waals surface area contributed by atoms with Crippen molar-refractivity contribution in [1.29, 1.82) is 0 Å². The SMILES string of the molecule is COc1ccccc1N1CCN(C(=O)C2(N)CCOCC2)CC1.Cl.Cl. The van der Waals surface area contributed by atoms with Crippen molar-refractivity contribution in [3.8, 4) is 5.75 Å². The molecule has 25 heavy (non-hydrogen) atoms. The zero-order chi connectivity index (χ0) is 16.3. The molecule has 6 nitrogen and oxygen atoms in total. The highest BCUT2D eigenvalue weighted by atomic mass is 35.5. The number of rotatable bonds is 3. The maximum atomic E-state index is 12.7. The summed E-state index contributed by atoms with van der Waals surface area (Å²) < 4.78 is 10.8. The maximum absolute atomic E-state index is 12.7. The Kier molecular flexibility index (Phi) is 8.28. The predicted molar refractivity (Wildman–Crippen MR) is 103 cm³/mol. The number of nitrogens with two attached hydrogens (primary N) is 1. The molecule has 2 heterocycles. The number of carbonyl (C=O) groups is 1. The second-order valence-corrected chi connectivity index (χ2v) is 6.22. The van der Waals surface area contributed by atoms with Gasteiger partial charge in [-0.1, -0.05) is 12.1 Å². The number of hydrogen-bond donors (Lipinski definition) is 1. The lowest BCUT2D eigenvalue weighted by Crippen LogP contribution is -2.61. The highest BCUT2D eigenvalue weighted by Crippen LogP contribution is 2.29. The number of piperazine rings is 1. The standard InChI is InChI=1S/C17H25N3O3.2ClH/c1-22-15-5-3-2-4-14(15)19-8-10-20(11-9-19)16(21)17(18)6-12-23-13-7-17;;/h2-5H,6-13,18H2,1H3;2*1H. The summed E-state index contributed by atoms with van der Waals surface area (Å²) >= 11 is 0. The fourth-order valence-corrected chi connectivity index (χ4v) is 3.31. The van der Waals surface area contributed by atoms with E-state index in [9.17, 15) is 4.79 Å². The predicted octanol–water partition coefficient (Wildman–Crippen LogP) is 1.70. The molecule has 0 aromatic heterocycles. The van der Waals surface area contributed by atoms with Crippen LogP contribution in [0.4, 0.5) is 5.69 Å². The van der Waals surface area contributed by atoms with Crippen molar-refractivity contribution in [3.05, 3.63) is 24.3 Å². The number of methoxy groups -OCH3 is 1. The van der Waals surface area contributed by atoms with Crippen LogP contribution in [0.5, 0.6) is 5.75 Å². The van der Waals surface area contributed by atoms with E-state index >= 15 is 0 Å². The van der Waals surface area contributed by atoms with Crippen molar-refractivity contribution in [3.63, 3.8) is 0 Å². The molecule has 0 saturated carbocycles. The van der Waals surface area contributed by atoms with Crippen LogP contribution in [0.2, 0.25) is 0 Å². The minimum atomic E-state index is -0.745. The summed E-state index contributed by atoms with van der Waals surface area (Å²) in [5.41, 5.74) is 6.65. The molecule has 0 bridgehead atoms. The topological polar surface area (TPSA) is 68.0 Å². The van der Waals surface area contributed by atoms with E-state index in [4.69, 9.17) is 15.2 Å². The van der Waals surface area contributed by atoms with Crippen molar-refractivity contribution >= 4 is 36.4 Å². The van der Waals surface area contributed by atoms with Crippen molar-refractivity contribution in [2.45, 2.75) is 18.4 Å². The highest BCUT2D eigenvalue weighted by molar-refractivity contribution is 5.86. The Morgan fingerprint density at radius 2 is 1.72 bits per heavy atom. The van der Waals surface area contributed by atoms with Gasteiger partial charge in [-0.15, -0.1) is 24.8 Å². The first-order valence-corrected chi connectivity index (χ1v) is 8.18. The van der Waals surface area contributed by atoms with Crippen molar-refractivity contribution in [2.75, 3.05) is 51.4 Å². The summed E-state index contributed by atoms with van der Waals surface area (Å²) in [6.45, 7) is 4.11. The summed E-state index contributed by atoms with van der Waals surface area (Å²) in [6, 6.07) is 7.99. The largest absolute Gasteiger partial charge is 0.495 e. The quantitative estimate of drug-likeness (QED) is 0.848. The van der Waals surface area contributed by atoms with Crippen LogP contribution in [0.15, 0.2) is 24.3 Å². The Morgan fingerprint density at radius 1 is 1.12 bits per heavy atom. The van der Waals surface area contributed by atoms with E-state index < -0.39 is 5.54 Å².